The molecule has 0 bridgehead atoms. The van der Waals surface area contributed by atoms with Crippen molar-refractivity contribution in [1.29, 1.82) is 0 Å². The number of aromatic nitrogens is 3. The molecule has 1 N–H and O–H groups in total. The fourth-order valence-corrected chi connectivity index (χ4v) is 3.82. The summed E-state index contributed by atoms with van der Waals surface area (Å²) in [5.74, 6) is 0. The summed E-state index contributed by atoms with van der Waals surface area (Å²) >= 11 is 7.16. The number of thiazole rings is 1. The zero-order chi connectivity index (χ0) is 22.2. The van der Waals surface area contributed by atoms with Gasteiger partial charge in [0.2, 0.25) is 5.13 Å². The van der Waals surface area contributed by atoms with E-state index in [1.807, 2.05) is 12.1 Å². The first-order valence-corrected chi connectivity index (χ1v) is 10.0. The highest BCUT2D eigenvalue weighted by Crippen LogP contribution is 2.36. The first-order valence-electron chi connectivity index (χ1n) is 8.86. The Hall–Kier alpha value is -3.24. The van der Waals surface area contributed by atoms with E-state index >= 15 is 0 Å². The van der Waals surface area contributed by atoms with Gasteiger partial charge in [0, 0.05) is 11.2 Å². The minimum Gasteiger partial charge on any atom is -0.291 e. The number of nitrogens with zero attached hydrogens (tertiary/aromatic N) is 4. The summed E-state index contributed by atoms with van der Waals surface area (Å²) in [6, 6.07) is 11.9. The molecule has 0 saturated carbocycles. The molecular weight excluding hydrogens is 451 g/mol. The highest BCUT2D eigenvalue weighted by molar-refractivity contribution is 7.17. The highest BCUT2D eigenvalue weighted by atomic mass is 35.5. The van der Waals surface area contributed by atoms with Crippen LogP contribution in [-0.2, 0) is 6.18 Å². The molecule has 0 amide bonds. The van der Waals surface area contributed by atoms with Crippen LogP contribution in [0, 0.1) is 6.92 Å². The Balaban J connectivity index is 1.68. The number of aromatic amines is 1. The van der Waals surface area contributed by atoms with Gasteiger partial charge in [-0.3, -0.25) is 9.89 Å². The van der Waals surface area contributed by atoms with Crippen LogP contribution in [-0.4, -0.2) is 14.8 Å². The molecule has 6 nitrogen and oxygen atoms in total. The zero-order valence-corrected chi connectivity index (χ0v) is 17.4. The lowest BCUT2D eigenvalue weighted by Crippen LogP contribution is -2.13. The Bertz CT molecular complexity index is 1320. The highest BCUT2D eigenvalue weighted by Gasteiger charge is 2.33. The van der Waals surface area contributed by atoms with Gasteiger partial charge in [-0.1, -0.05) is 47.2 Å². The zero-order valence-electron chi connectivity index (χ0n) is 15.8. The van der Waals surface area contributed by atoms with E-state index in [0.717, 1.165) is 16.5 Å². The number of benzene rings is 2. The van der Waals surface area contributed by atoms with Crippen LogP contribution in [0.3, 0.4) is 0 Å². The Morgan fingerprint density at radius 3 is 2.52 bits per heavy atom. The second-order valence-corrected chi connectivity index (χ2v) is 7.90. The molecule has 0 aliphatic rings. The number of alkyl halides is 3. The van der Waals surface area contributed by atoms with E-state index in [1.54, 1.807) is 25.3 Å². The van der Waals surface area contributed by atoms with Crippen molar-refractivity contribution in [2.75, 3.05) is 0 Å². The lowest BCUT2D eigenvalue weighted by atomic mass is 10.2. The molecule has 0 aliphatic carbocycles. The second kappa shape index (κ2) is 8.12. The van der Waals surface area contributed by atoms with Crippen LogP contribution in [0.15, 0.2) is 69.8 Å². The number of hydrogen-bond donors (Lipinski definition) is 1. The molecule has 2 aromatic heterocycles. The van der Waals surface area contributed by atoms with Gasteiger partial charge in [0.15, 0.2) is 5.69 Å². The molecule has 0 fully saturated rings. The van der Waals surface area contributed by atoms with Gasteiger partial charge in [0.05, 0.1) is 21.8 Å². The van der Waals surface area contributed by atoms with Gasteiger partial charge in [-0.15, -0.1) is 10.2 Å². The Morgan fingerprint density at radius 2 is 1.81 bits per heavy atom. The van der Waals surface area contributed by atoms with Crippen LogP contribution < -0.4 is 5.56 Å². The van der Waals surface area contributed by atoms with Crippen molar-refractivity contribution in [3.8, 4) is 15.6 Å². The van der Waals surface area contributed by atoms with Gasteiger partial charge in [-0.2, -0.15) is 17.9 Å². The SMILES string of the molecule is Cc1[nH]n(-c2ncc(-c3ccc(Cl)cc3)s2)c(=O)c1N=Nc1ccccc1C(F)(F)F. The largest absolute Gasteiger partial charge is 0.418 e. The molecule has 2 aromatic carbocycles. The summed E-state index contributed by atoms with van der Waals surface area (Å²) in [5.41, 5.74) is -0.738. The number of aryl methyl sites for hydroxylation is 1. The van der Waals surface area contributed by atoms with Gasteiger partial charge in [0.25, 0.3) is 0 Å². The Kier molecular flexibility index (Phi) is 5.50. The van der Waals surface area contributed by atoms with Gasteiger partial charge >= 0.3 is 11.7 Å². The number of halogens is 4. The molecule has 2 heterocycles. The molecule has 11 heteroatoms. The predicted octanol–water partition coefficient (Wildman–Crippen LogP) is 6.69. The van der Waals surface area contributed by atoms with Crippen molar-refractivity contribution >= 4 is 34.3 Å². The molecular formula is C20H13ClF3N5OS. The van der Waals surface area contributed by atoms with Crippen molar-refractivity contribution in [3.63, 3.8) is 0 Å². The lowest BCUT2D eigenvalue weighted by Gasteiger charge is -2.07. The average molecular weight is 464 g/mol. The first-order chi connectivity index (χ1) is 14.7. The number of azo groups is 1. The van der Waals surface area contributed by atoms with Gasteiger partial charge in [0.1, 0.15) is 0 Å². The van der Waals surface area contributed by atoms with Gasteiger partial charge in [-0.05, 0) is 36.8 Å². The van der Waals surface area contributed by atoms with E-state index in [9.17, 15) is 18.0 Å². The summed E-state index contributed by atoms with van der Waals surface area (Å²) in [7, 11) is 0. The van der Waals surface area contributed by atoms with E-state index in [2.05, 4.69) is 20.3 Å². The quantitative estimate of drug-likeness (QED) is 0.342. The molecule has 0 spiro atoms. The topological polar surface area (TPSA) is 75.4 Å². The maximum Gasteiger partial charge on any atom is 0.418 e. The summed E-state index contributed by atoms with van der Waals surface area (Å²) in [6.07, 6.45) is -2.96. The normalized spacial score (nSPS) is 12.0. The molecule has 4 aromatic rings. The van der Waals surface area contributed by atoms with E-state index in [4.69, 9.17) is 11.6 Å². The smallest absolute Gasteiger partial charge is 0.291 e. The van der Waals surface area contributed by atoms with E-state index in [0.29, 0.717) is 15.8 Å². The maximum atomic E-state index is 13.1. The Labute approximate surface area is 182 Å². The molecule has 158 valence electrons. The average Bonchev–Trinajstić information content (AvgIpc) is 3.31. The monoisotopic (exact) mass is 463 g/mol. The molecule has 0 aliphatic heterocycles. The third-order valence-electron chi connectivity index (χ3n) is 4.32. The lowest BCUT2D eigenvalue weighted by molar-refractivity contribution is -0.137. The van der Waals surface area contributed by atoms with Crippen molar-refractivity contribution in [3.05, 3.63) is 81.4 Å². The van der Waals surface area contributed by atoms with Crippen LogP contribution in [0.1, 0.15) is 11.3 Å². The molecule has 31 heavy (non-hydrogen) atoms. The fourth-order valence-electron chi connectivity index (χ4n) is 2.81. The van der Waals surface area contributed by atoms with Crippen LogP contribution in [0.25, 0.3) is 15.6 Å². The number of rotatable bonds is 4. The van der Waals surface area contributed by atoms with Crippen molar-refractivity contribution < 1.29 is 13.2 Å². The molecule has 0 saturated heterocycles. The predicted molar refractivity (Wildman–Crippen MR) is 113 cm³/mol. The van der Waals surface area contributed by atoms with E-state index in [1.165, 1.54) is 34.2 Å². The number of H-pyrrole nitrogens is 1. The number of nitrogens with one attached hydrogen (secondary N) is 1. The van der Waals surface area contributed by atoms with Crippen LogP contribution in [0.2, 0.25) is 5.02 Å². The maximum absolute atomic E-state index is 13.1. The summed E-state index contributed by atoms with van der Waals surface area (Å²) in [6.45, 7) is 1.58. The standard InChI is InChI=1S/C20H13ClF3N5OS/c1-11-17(27-26-15-5-3-2-4-14(15)20(22,23)24)18(30)29(28-11)19-25-10-16(31-19)12-6-8-13(21)9-7-12/h2-10,28H,1H3. The van der Waals surface area contributed by atoms with E-state index < -0.39 is 17.3 Å². The van der Waals surface area contributed by atoms with Crippen LogP contribution >= 0.6 is 22.9 Å². The minimum absolute atomic E-state index is 0.0970. The number of hydrogen-bond acceptors (Lipinski definition) is 5. The van der Waals surface area contributed by atoms with Crippen LogP contribution in [0.4, 0.5) is 24.5 Å². The third-order valence-corrected chi connectivity index (χ3v) is 5.60. The summed E-state index contributed by atoms with van der Waals surface area (Å²) in [4.78, 5) is 17.9. The summed E-state index contributed by atoms with van der Waals surface area (Å²) in [5, 5.41) is 11.3. The molecule has 4 rings (SSSR count). The fraction of sp³-hybridized carbons (Fsp3) is 0.100. The van der Waals surface area contributed by atoms with Crippen molar-refractivity contribution in [1.82, 2.24) is 14.8 Å². The first kappa shape index (κ1) is 21.0. The Morgan fingerprint density at radius 1 is 1.10 bits per heavy atom. The van der Waals surface area contributed by atoms with Gasteiger partial charge in [-0.25, -0.2) is 4.98 Å². The third kappa shape index (κ3) is 4.30. The summed E-state index contributed by atoms with van der Waals surface area (Å²) < 4.78 is 40.6. The molecule has 0 unspecified atom stereocenters. The van der Waals surface area contributed by atoms with Crippen molar-refractivity contribution in [2.24, 2.45) is 10.2 Å². The van der Waals surface area contributed by atoms with E-state index in [-0.39, 0.29) is 11.4 Å². The minimum atomic E-state index is -4.58. The second-order valence-electron chi connectivity index (χ2n) is 6.45. The molecule has 0 radical (unpaired) electrons. The van der Waals surface area contributed by atoms with Crippen molar-refractivity contribution in [2.45, 2.75) is 13.1 Å². The van der Waals surface area contributed by atoms with Crippen LogP contribution in [0.5, 0.6) is 0 Å². The molecule has 0 atom stereocenters. The van der Waals surface area contributed by atoms with Gasteiger partial charge < -0.3 is 0 Å².